The molecule has 0 amide bonds. The Kier molecular flexibility index (Phi) is 5.17. The monoisotopic (exact) mass is 332 g/mol. The molecule has 2 rings (SSSR count). The van der Waals surface area contributed by atoms with Gasteiger partial charge in [0, 0.05) is 23.3 Å². The van der Waals surface area contributed by atoms with Crippen molar-refractivity contribution in [1.82, 2.24) is 0 Å². The molecule has 0 aromatic heterocycles. The Morgan fingerprint density at radius 2 is 2.10 bits per heavy atom. The van der Waals surface area contributed by atoms with Gasteiger partial charge in [0.05, 0.1) is 17.5 Å². The van der Waals surface area contributed by atoms with Crippen molar-refractivity contribution in [3.63, 3.8) is 0 Å². The molecule has 1 aromatic rings. The van der Waals surface area contributed by atoms with E-state index in [4.69, 9.17) is 16.3 Å². The normalized spacial score (nSPS) is 24.6. The van der Waals surface area contributed by atoms with Crippen LogP contribution in [-0.4, -0.2) is 31.1 Å². The van der Waals surface area contributed by atoms with Crippen LogP contribution >= 0.6 is 11.6 Å². The summed E-state index contributed by atoms with van der Waals surface area (Å²) in [4.78, 5) is 0. The quantitative estimate of drug-likeness (QED) is 0.920. The van der Waals surface area contributed by atoms with E-state index in [-0.39, 0.29) is 11.4 Å². The second kappa shape index (κ2) is 6.55. The Balaban J connectivity index is 2.15. The van der Waals surface area contributed by atoms with E-state index in [2.05, 4.69) is 0 Å². The maximum absolute atomic E-state index is 11.7. The fourth-order valence-corrected chi connectivity index (χ4v) is 4.07. The zero-order chi connectivity index (χ0) is 15.6. The molecule has 3 unspecified atom stereocenters. The first kappa shape index (κ1) is 16.6. The van der Waals surface area contributed by atoms with Gasteiger partial charge in [-0.05, 0) is 44.4 Å². The van der Waals surface area contributed by atoms with Crippen LogP contribution in [0.25, 0.3) is 0 Å². The van der Waals surface area contributed by atoms with Gasteiger partial charge < -0.3 is 9.84 Å². The molecule has 4 nitrogen and oxygen atoms in total. The minimum Gasteiger partial charge on any atom is -0.490 e. The van der Waals surface area contributed by atoms with E-state index in [0.717, 1.165) is 12.8 Å². The van der Waals surface area contributed by atoms with Gasteiger partial charge in [-0.1, -0.05) is 11.6 Å². The molecule has 1 fully saturated rings. The lowest BCUT2D eigenvalue weighted by molar-refractivity contribution is 0.143. The predicted octanol–water partition coefficient (Wildman–Crippen LogP) is 3.13. The van der Waals surface area contributed by atoms with Gasteiger partial charge in [0.25, 0.3) is 0 Å². The van der Waals surface area contributed by atoms with Crippen molar-refractivity contribution in [2.75, 3.05) is 6.26 Å². The van der Waals surface area contributed by atoms with Crippen LogP contribution in [0, 0.1) is 0 Å². The number of halogens is 1. The van der Waals surface area contributed by atoms with E-state index in [1.54, 1.807) is 25.1 Å². The van der Waals surface area contributed by atoms with Crippen molar-refractivity contribution in [1.29, 1.82) is 0 Å². The van der Waals surface area contributed by atoms with Crippen LogP contribution < -0.4 is 4.74 Å². The summed E-state index contributed by atoms with van der Waals surface area (Å²) in [7, 11) is -3.03. The molecule has 6 heteroatoms. The lowest BCUT2D eigenvalue weighted by Crippen LogP contribution is -2.33. The average Bonchev–Trinajstić information content (AvgIpc) is 2.40. The second-order valence-corrected chi connectivity index (χ2v) is 8.48. The summed E-state index contributed by atoms with van der Waals surface area (Å²) in [5.74, 6) is 0.577. The molecule has 118 valence electrons. The van der Waals surface area contributed by atoms with Crippen molar-refractivity contribution in [2.45, 2.75) is 50.1 Å². The lowest BCUT2D eigenvalue weighted by atomic mass is 9.97. The highest BCUT2D eigenvalue weighted by atomic mass is 35.5. The Hall–Kier alpha value is -0.780. The first-order valence-corrected chi connectivity index (χ1v) is 9.43. The summed E-state index contributed by atoms with van der Waals surface area (Å²) in [6.45, 7) is 1.65. The zero-order valence-corrected chi connectivity index (χ0v) is 13.8. The highest BCUT2D eigenvalue weighted by molar-refractivity contribution is 7.91. The zero-order valence-electron chi connectivity index (χ0n) is 12.3. The molecule has 1 N–H and O–H groups in total. The van der Waals surface area contributed by atoms with Gasteiger partial charge >= 0.3 is 0 Å². The van der Waals surface area contributed by atoms with Gasteiger partial charge in [0.2, 0.25) is 0 Å². The lowest BCUT2D eigenvalue weighted by Gasteiger charge is -2.29. The number of hydrogen-bond donors (Lipinski definition) is 1. The molecular weight excluding hydrogens is 312 g/mol. The van der Waals surface area contributed by atoms with Gasteiger partial charge in [-0.15, -0.1) is 0 Å². The molecule has 3 atom stereocenters. The predicted molar refractivity (Wildman–Crippen MR) is 83.6 cm³/mol. The third kappa shape index (κ3) is 4.34. The van der Waals surface area contributed by atoms with Crippen LogP contribution in [0.4, 0.5) is 0 Å². The van der Waals surface area contributed by atoms with Crippen LogP contribution in [-0.2, 0) is 9.84 Å². The summed E-state index contributed by atoms with van der Waals surface area (Å²) in [6, 6.07) is 5.12. The molecule has 21 heavy (non-hydrogen) atoms. The Morgan fingerprint density at radius 1 is 1.38 bits per heavy atom. The molecule has 1 aliphatic rings. The average molecular weight is 333 g/mol. The Labute approximate surface area is 131 Å². The van der Waals surface area contributed by atoms with Crippen molar-refractivity contribution in [2.24, 2.45) is 0 Å². The van der Waals surface area contributed by atoms with Crippen molar-refractivity contribution >= 4 is 21.4 Å². The SMILES string of the molecule is CC(O)c1cc(Cl)ccc1OC1CCCC(S(C)(=O)=O)C1. The summed E-state index contributed by atoms with van der Waals surface area (Å²) in [5.41, 5.74) is 0.629. The number of ether oxygens (including phenoxy) is 1. The molecular formula is C15H21ClO4S. The fraction of sp³-hybridized carbons (Fsp3) is 0.600. The minimum absolute atomic E-state index is 0.142. The van der Waals surface area contributed by atoms with Gasteiger partial charge in [-0.2, -0.15) is 0 Å². The number of aliphatic hydroxyl groups excluding tert-OH is 1. The number of hydrogen-bond acceptors (Lipinski definition) is 4. The molecule has 0 spiro atoms. The molecule has 0 saturated heterocycles. The van der Waals surface area contributed by atoms with E-state index >= 15 is 0 Å². The highest BCUT2D eigenvalue weighted by Gasteiger charge is 2.30. The molecule has 0 aliphatic heterocycles. The molecule has 0 radical (unpaired) electrons. The molecule has 1 aliphatic carbocycles. The number of rotatable bonds is 4. The summed E-state index contributed by atoms with van der Waals surface area (Å²) in [6.07, 6.45) is 3.31. The first-order valence-electron chi connectivity index (χ1n) is 7.10. The van der Waals surface area contributed by atoms with E-state index in [1.807, 2.05) is 0 Å². The van der Waals surface area contributed by atoms with Crippen LogP contribution in [0.3, 0.4) is 0 Å². The highest BCUT2D eigenvalue weighted by Crippen LogP contribution is 2.32. The summed E-state index contributed by atoms with van der Waals surface area (Å²) in [5, 5.41) is 10.0. The second-order valence-electron chi connectivity index (χ2n) is 5.72. The van der Waals surface area contributed by atoms with E-state index < -0.39 is 15.9 Å². The summed E-state index contributed by atoms with van der Waals surface area (Å²) >= 11 is 5.94. The largest absolute Gasteiger partial charge is 0.490 e. The van der Waals surface area contributed by atoms with Gasteiger partial charge in [0.1, 0.15) is 15.6 Å². The molecule has 0 bridgehead atoms. The van der Waals surface area contributed by atoms with Crippen LogP contribution in [0.15, 0.2) is 18.2 Å². The first-order chi connectivity index (χ1) is 9.77. The van der Waals surface area contributed by atoms with E-state index in [9.17, 15) is 13.5 Å². The van der Waals surface area contributed by atoms with Gasteiger partial charge in [-0.25, -0.2) is 8.42 Å². The van der Waals surface area contributed by atoms with Gasteiger partial charge in [-0.3, -0.25) is 0 Å². The van der Waals surface area contributed by atoms with E-state index in [0.29, 0.717) is 29.2 Å². The smallest absolute Gasteiger partial charge is 0.150 e. The molecule has 1 saturated carbocycles. The fourth-order valence-electron chi connectivity index (χ4n) is 2.73. The van der Waals surface area contributed by atoms with Crippen molar-refractivity contribution < 1.29 is 18.3 Å². The maximum Gasteiger partial charge on any atom is 0.150 e. The molecule has 1 aromatic carbocycles. The van der Waals surface area contributed by atoms with Crippen LogP contribution in [0.5, 0.6) is 5.75 Å². The van der Waals surface area contributed by atoms with E-state index in [1.165, 1.54) is 6.26 Å². The minimum atomic E-state index is -3.03. The maximum atomic E-state index is 11.7. The third-order valence-corrected chi connectivity index (χ3v) is 5.77. The Bertz CT molecular complexity index is 598. The van der Waals surface area contributed by atoms with Gasteiger partial charge in [0.15, 0.2) is 0 Å². The van der Waals surface area contributed by atoms with Crippen molar-refractivity contribution in [3.05, 3.63) is 28.8 Å². The number of aliphatic hydroxyl groups is 1. The number of sulfone groups is 1. The standard InChI is InChI=1S/C15H21ClO4S/c1-10(17)14-8-11(16)6-7-15(14)20-12-4-3-5-13(9-12)21(2,18)19/h6-8,10,12-13,17H,3-5,9H2,1-2H3. The van der Waals surface area contributed by atoms with Crippen LogP contribution in [0.1, 0.15) is 44.3 Å². The topological polar surface area (TPSA) is 63.6 Å². The summed E-state index contributed by atoms with van der Waals surface area (Å²) < 4.78 is 29.3. The third-order valence-electron chi connectivity index (χ3n) is 3.90. The number of benzene rings is 1. The Morgan fingerprint density at radius 3 is 2.71 bits per heavy atom. The van der Waals surface area contributed by atoms with Crippen molar-refractivity contribution in [3.8, 4) is 5.75 Å². The molecule has 0 heterocycles. The van der Waals surface area contributed by atoms with Crippen LogP contribution in [0.2, 0.25) is 5.02 Å².